The molecule has 0 saturated carbocycles. The molecule has 0 N–H and O–H groups in total. The minimum absolute atomic E-state index is 0.0334. The lowest BCUT2D eigenvalue weighted by Crippen LogP contribution is -1.99. The smallest absolute Gasteiger partial charge is 0.265 e. The molecule has 2 aromatic carbocycles. The highest BCUT2D eigenvalue weighted by Crippen LogP contribution is 2.37. The number of hydrogen-bond acceptors (Lipinski definition) is 6. The molecule has 22 heavy (non-hydrogen) atoms. The first-order valence-corrected chi connectivity index (χ1v) is 10.3. The van der Waals surface area contributed by atoms with Gasteiger partial charge in [0, 0.05) is 21.4 Å². The van der Waals surface area contributed by atoms with Crippen LogP contribution in [0.15, 0.2) is 34.1 Å². The third-order valence-corrected chi connectivity index (χ3v) is 5.62. The first kappa shape index (κ1) is 17.1. The van der Waals surface area contributed by atoms with Crippen LogP contribution in [0.1, 0.15) is 0 Å². The highest BCUT2D eigenvalue weighted by molar-refractivity contribution is 8.14. The number of benzene rings is 2. The molecule has 0 amide bonds. The van der Waals surface area contributed by atoms with E-state index in [9.17, 15) is 16.8 Å². The van der Waals surface area contributed by atoms with Gasteiger partial charge in [0.2, 0.25) is 0 Å². The van der Waals surface area contributed by atoms with Crippen LogP contribution in [0.3, 0.4) is 0 Å². The monoisotopic (exact) mass is 384 g/mol. The van der Waals surface area contributed by atoms with Gasteiger partial charge in [0.05, 0.1) is 14.2 Å². The van der Waals surface area contributed by atoms with Gasteiger partial charge in [-0.1, -0.05) is 0 Å². The van der Waals surface area contributed by atoms with Crippen LogP contribution in [0.4, 0.5) is 0 Å². The molecule has 10 heteroatoms. The number of fused-ring (bicyclic) bond motifs is 1. The Hall–Kier alpha value is -1.22. The molecule has 0 fully saturated rings. The van der Waals surface area contributed by atoms with Crippen molar-refractivity contribution < 1.29 is 26.3 Å². The molecule has 0 unspecified atom stereocenters. The van der Waals surface area contributed by atoms with Crippen molar-refractivity contribution in [3.05, 3.63) is 24.3 Å². The van der Waals surface area contributed by atoms with Gasteiger partial charge in [0.25, 0.3) is 18.1 Å². The Morgan fingerprint density at radius 3 is 1.32 bits per heavy atom. The minimum Gasteiger partial charge on any atom is -0.495 e. The van der Waals surface area contributed by atoms with Crippen molar-refractivity contribution in [2.24, 2.45) is 0 Å². The standard InChI is InChI=1S/C12H10Cl2O6S2/c1-19-9-3-7-4-10(20-2)12(22(14,17)18)6-8(7)5-11(9)21(13,15)16/h3-6H,1-2H3. The summed E-state index contributed by atoms with van der Waals surface area (Å²) < 4.78 is 56.3. The molecule has 120 valence electrons. The molecule has 6 nitrogen and oxygen atoms in total. The van der Waals surface area contributed by atoms with Crippen LogP contribution < -0.4 is 9.47 Å². The van der Waals surface area contributed by atoms with Crippen molar-refractivity contribution in [3.8, 4) is 11.5 Å². The van der Waals surface area contributed by atoms with E-state index in [2.05, 4.69) is 0 Å². The van der Waals surface area contributed by atoms with Crippen molar-refractivity contribution in [2.75, 3.05) is 14.2 Å². The van der Waals surface area contributed by atoms with Crippen molar-refractivity contribution in [3.63, 3.8) is 0 Å². The summed E-state index contributed by atoms with van der Waals surface area (Å²) in [7, 11) is 5.16. The van der Waals surface area contributed by atoms with Gasteiger partial charge in [0.1, 0.15) is 21.3 Å². The number of methoxy groups -OCH3 is 2. The fourth-order valence-electron chi connectivity index (χ4n) is 1.97. The van der Waals surface area contributed by atoms with Crippen molar-refractivity contribution in [1.29, 1.82) is 0 Å². The lowest BCUT2D eigenvalue weighted by Gasteiger charge is -2.11. The molecule has 0 saturated heterocycles. The Balaban J connectivity index is 2.92. The van der Waals surface area contributed by atoms with E-state index in [0.29, 0.717) is 10.8 Å². The van der Waals surface area contributed by atoms with Crippen LogP contribution >= 0.6 is 21.4 Å². The van der Waals surface area contributed by atoms with E-state index in [1.807, 2.05) is 0 Å². The summed E-state index contributed by atoms with van der Waals surface area (Å²) in [5.74, 6) is 0.0667. The number of halogens is 2. The zero-order valence-electron chi connectivity index (χ0n) is 11.3. The Morgan fingerprint density at radius 1 is 0.727 bits per heavy atom. The van der Waals surface area contributed by atoms with E-state index in [-0.39, 0.29) is 21.3 Å². The van der Waals surface area contributed by atoms with E-state index in [1.54, 1.807) is 0 Å². The molecule has 0 atom stereocenters. The van der Waals surface area contributed by atoms with E-state index in [4.69, 9.17) is 30.8 Å². The van der Waals surface area contributed by atoms with Crippen LogP contribution in [-0.2, 0) is 18.1 Å². The molecular weight excluding hydrogens is 375 g/mol. The Bertz CT molecular complexity index is 876. The highest BCUT2D eigenvalue weighted by atomic mass is 35.7. The van der Waals surface area contributed by atoms with Gasteiger partial charge in [0.15, 0.2) is 0 Å². The fourth-order valence-corrected chi connectivity index (χ4v) is 3.99. The van der Waals surface area contributed by atoms with E-state index in [0.717, 1.165) is 0 Å². The maximum absolute atomic E-state index is 11.6. The summed E-state index contributed by atoms with van der Waals surface area (Å²) >= 11 is 0. The second-order valence-electron chi connectivity index (χ2n) is 4.23. The molecule has 0 heterocycles. The molecule has 0 bridgehead atoms. The van der Waals surface area contributed by atoms with Crippen molar-refractivity contribution in [1.82, 2.24) is 0 Å². The van der Waals surface area contributed by atoms with Gasteiger partial charge >= 0.3 is 0 Å². The number of rotatable bonds is 4. The van der Waals surface area contributed by atoms with Gasteiger partial charge < -0.3 is 9.47 Å². The molecule has 0 aliphatic rings. The average molecular weight is 385 g/mol. The van der Waals surface area contributed by atoms with Crippen LogP contribution in [0.2, 0.25) is 0 Å². The summed E-state index contributed by atoms with van der Waals surface area (Å²) in [5.41, 5.74) is 0. The summed E-state index contributed by atoms with van der Waals surface area (Å²) in [6.45, 7) is 0. The summed E-state index contributed by atoms with van der Waals surface area (Å²) in [5, 5.41) is 0.807. The molecule has 2 rings (SSSR count). The topological polar surface area (TPSA) is 86.7 Å². The van der Waals surface area contributed by atoms with Crippen molar-refractivity contribution in [2.45, 2.75) is 9.79 Å². The lowest BCUT2D eigenvalue weighted by atomic mass is 10.1. The quantitative estimate of drug-likeness (QED) is 0.753. The van der Waals surface area contributed by atoms with Crippen LogP contribution in [0, 0.1) is 0 Å². The minimum atomic E-state index is -4.07. The molecular formula is C12H10Cl2O6S2. The maximum atomic E-state index is 11.6. The summed E-state index contributed by atoms with van der Waals surface area (Å²) in [6.07, 6.45) is 0. The molecule has 0 aliphatic carbocycles. The van der Waals surface area contributed by atoms with Gasteiger partial charge in [-0.25, -0.2) is 16.8 Å². The Kier molecular flexibility index (Phi) is 4.49. The highest BCUT2D eigenvalue weighted by Gasteiger charge is 2.22. The van der Waals surface area contributed by atoms with E-state index in [1.165, 1.54) is 38.5 Å². The SMILES string of the molecule is COc1cc2cc(OC)c(S(=O)(=O)Cl)cc2cc1S(=O)(=O)Cl. The predicted octanol–water partition coefficient (Wildman–Crippen LogP) is 2.71. The molecule has 0 aromatic heterocycles. The zero-order valence-corrected chi connectivity index (χ0v) is 14.5. The number of hydrogen-bond donors (Lipinski definition) is 0. The van der Waals surface area contributed by atoms with Crippen LogP contribution in [0.25, 0.3) is 10.8 Å². The second kappa shape index (κ2) is 5.77. The van der Waals surface area contributed by atoms with Gasteiger partial charge in [-0.05, 0) is 35.0 Å². The molecule has 0 radical (unpaired) electrons. The Labute approximate surface area is 136 Å². The van der Waals surface area contributed by atoms with Gasteiger partial charge in [-0.2, -0.15) is 0 Å². The summed E-state index contributed by atoms with van der Waals surface area (Å²) in [6, 6.07) is 5.25. The van der Waals surface area contributed by atoms with E-state index < -0.39 is 18.1 Å². The van der Waals surface area contributed by atoms with Gasteiger partial charge in [-0.3, -0.25) is 0 Å². The zero-order chi connectivity index (χ0) is 16.7. The predicted molar refractivity (Wildman–Crippen MR) is 83.1 cm³/mol. The van der Waals surface area contributed by atoms with Gasteiger partial charge in [-0.15, -0.1) is 0 Å². The fraction of sp³-hybridized carbons (Fsp3) is 0.167. The third-order valence-electron chi connectivity index (χ3n) is 2.93. The van der Waals surface area contributed by atoms with Crippen LogP contribution in [-0.4, -0.2) is 31.1 Å². The lowest BCUT2D eigenvalue weighted by molar-refractivity contribution is 0.402. The molecule has 2 aromatic rings. The summed E-state index contributed by atoms with van der Waals surface area (Å²) in [4.78, 5) is -0.542. The maximum Gasteiger partial charge on any atom is 0.265 e. The average Bonchev–Trinajstić information content (AvgIpc) is 2.42. The Morgan fingerprint density at radius 2 is 1.05 bits per heavy atom. The third kappa shape index (κ3) is 3.24. The largest absolute Gasteiger partial charge is 0.495 e. The number of ether oxygens (including phenoxy) is 2. The van der Waals surface area contributed by atoms with E-state index >= 15 is 0 Å². The molecule has 0 aliphatic heterocycles. The van der Waals surface area contributed by atoms with Crippen LogP contribution in [0.5, 0.6) is 11.5 Å². The first-order chi connectivity index (χ1) is 10.1. The normalized spacial score (nSPS) is 12.4. The molecule has 0 spiro atoms. The first-order valence-electron chi connectivity index (χ1n) is 5.67. The van der Waals surface area contributed by atoms with Crippen molar-refractivity contribution >= 4 is 50.2 Å². The second-order valence-corrected chi connectivity index (χ2v) is 9.30.